The van der Waals surface area contributed by atoms with Crippen LogP contribution in [0.15, 0.2) is 0 Å². The van der Waals surface area contributed by atoms with Gasteiger partial charge in [-0.3, -0.25) is 4.79 Å². The van der Waals surface area contributed by atoms with Crippen molar-refractivity contribution < 1.29 is 4.79 Å². The highest BCUT2D eigenvalue weighted by Crippen LogP contribution is 2.18. The largest absolute Gasteiger partial charge is 0.342 e. The fraction of sp³-hybridized carbons (Fsp3) is 0.917. The van der Waals surface area contributed by atoms with Crippen LogP contribution in [0.1, 0.15) is 33.6 Å². The van der Waals surface area contributed by atoms with Gasteiger partial charge in [-0.1, -0.05) is 15.9 Å². The second-order valence-electron chi connectivity index (χ2n) is 4.93. The molecule has 0 saturated carbocycles. The maximum absolute atomic E-state index is 11.8. The van der Waals surface area contributed by atoms with E-state index in [0.717, 1.165) is 25.9 Å². The normalized spacial score (nSPS) is 21.1. The molecule has 0 aromatic carbocycles. The van der Waals surface area contributed by atoms with Gasteiger partial charge in [0, 0.05) is 32.2 Å². The fourth-order valence-corrected chi connectivity index (χ4v) is 2.57. The number of rotatable bonds is 3. The number of piperidine rings is 1. The number of hydrogen-bond donors (Lipinski definition) is 0. The van der Waals surface area contributed by atoms with Crippen LogP contribution >= 0.6 is 15.9 Å². The van der Waals surface area contributed by atoms with Crippen molar-refractivity contribution in [1.29, 1.82) is 0 Å². The molecule has 0 aliphatic carbocycles. The van der Waals surface area contributed by atoms with Crippen LogP contribution in [0.4, 0.5) is 0 Å². The van der Waals surface area contributed by atoms with Crippen molar-refractivity contribution in [2.75, 3.05) is 20.1 Å². The Kier molecular flexibility index (Phi) is 5.25. The van der Waals surface area contributed by atoms with E-state index in [1.807, 2.05) is 18.9 Å². The summed E-state index contributed by atoms with van der Waals surface area (Å²) in [4.78, 5) is 16.1. The molecule has 1 amide bonds. The number of nitrogens with zero attached hydrogens (tertiary/aromatic N) is 2. The molecule has 0 N–H and O–H groups in total. The van der Waals surface area contributed by atoms with Gasteiger partial charge in [-0.25, -0.2) is 0 Å². The lowest BCUT2D eigenvalue weighted by molar-refractivity contribution is -0.131. The zero-order chi connectivity index (χ0) is 12.3. The van der Waals surface area contributed by atoms with Crippen molar-refractivity contribution in [1.82, 2.24) is 9.80 Å². The van der Waals surface area contributed by atoms with Gasteiger partial charge >= 0.3 is 0 Å². The van der Waals surface area contributed by atoms with Gasteiger partial charge in [0.2, 0.25) is 5.91 Å². The van der Waals surface area contributed by atoms with Crippen LogP contribution in [-0.4, -0.2) is 52.8 Å². The van der Waals surface area contributed by atoms with Crippen molar-refractivity contribution in [3.05, 3.63) is 0 Å². The van der Waals surface area contributed by atoms with Gasteiger partial charge in [-0.2, -0.15) is 0 Å². The molecular formula is C12H23BrN2O. The van der Waals surface area contributed by atoms with Crippen molar-refractivity contribution >= 4 is 21.8 Å². The Hall–Kier alpha value is -0.0900. The Labute approximate surface area is 107 Å². The minimum atomic E-state index is -0.0689. The van der Waals surface area contributed by atoms with Gasteiger partial charge in [0.05, 0.1) is 4.83 Å². The average molecular weight is 291 g/mol. The van der Waals surface area contributed by atoms with Gasteiger partial charge in [-0.15, -0.1) is 0 Å². The standard InChI is InChI=1S/C12H23BrN2O/c1-9(2)15-7-5-11(6-8-15)14(4)12(16)10(3)13/h9-11H,5-8H2,1-4H3. The predicted octanol–water partition coefficient (Wildman–Crippen LogP) is 2.10. The van der Waals surface area contributed by atoms with Crippen LogP contribution in [-0.2, 0) is 4.79 Å². The van der Waals surface area contributed by atoms with Crippen molar-refractivity contribution in [2.45, 2.75) is 50.5 Å². The number of carbonyl (C=O) groups is 1. The molecule has 1 saturated heterocycles. The number of alkyl halides is 1. The molecule has 1 atom stereocenters. The van der Waals surface area contributed by atoms with Crippen molar-refractivity contribution in [3.8, 4) is 0 Å². The lowest BCUT2D eigenvalue weighted by atomic mass is 10.0. The third-order valence-corrected chi connectivity index (χ3v) is 3.86. The van der Waals surface area contributed by atoms with Gasteiger partial charge in [0.1, 0.15) is 0 Å². The zero-order valence-electron chi connectivity index (χ0n) is 10.7. The van der Waals surface area contributed by atoms with E-state index in [1.54, 1.807) is 0 Å². The third kappa shape index (κ3) is 3.45. The SMILES string of the molecule is CC(Br)C(=O)N(C)C1CCN(C(C)C)CC1. The third-order valence-electron chi connectivity index (χ3n) is 3.47. The van der Waals surface area contributed by atoms with Crippen LogP contribution < -0.4 is 0 Å². The summed E-state index contributed by atoms with van der Waals surface area (Å²) in [7, 11) is 1.93. The van der Waals surface area contributed by atoms with E-state index in [0.29, 0.717) is 12.1 Å². The quantitative estimate of drug-likeness (QED) is 0.744. The van der Waals surface area contributed by atoms with Crippen LogP contribution in [0, 0.1) is 0 Å². The van der Waals surface area contributed by atoms with E-state index in [-0.39, 0.29) is 10.7 Å². The number of likely N-dealkylation sites (tertiary alicyclic amines) is 1. The molecule has 0 spiro atoms. The van der Waals surface area contributed by atoms with Gasteiger partial charge in [0.15, 0.2) is 0 Å². The minimum absolute atomic E-state index is 0.0689. The maximum atomic E-state index is 11.8. The maximum Gasteiger partial charge on any atom is 0.236 e. The van der Waals surface area contributed by atoms with Gasteiger partial charge in [-0.05, 0) is 33.6 Å². The lowest BCUT2D eigenvalue weighted by Gasteiger charge is -2.38. The van der Waals surface area contributed by atoms with Crippen molar-refractivity contribution in [3.63, 3.8) is 0 Å². The molecule has 4 heteroatoms. The van der Waals surface area contributed by atoms with E-state index >= 15 is 0 Å². The Morgan fingerprint density at radius 3 is 2.19 bits per heavy atom. The molecule has 1 aliphatic heterocycles. The summed E-state index contributed by atoms with van der Waals surface area (Å²) >= 11 is 3.34. The second-order valence-corrected chi connectivity index (χ2v) is 6.30. The highest BCUT2D eigenvalue weighted by Gasteiger charge is 2.27. The Morgan fingerprint density at radius 2 is 1.81 bits per heavy atom. The molecule has 0 aromatic rings. The van der Waals surface area contributed by atoms with E-state index in [4.69, 9.17) is 0 Å². The van der Waals surface area contributed by atoms with Gasteiger partial charge in [0.25, 0.3) is 0 Å². The summed E-state index contributed by atoms with van der Waals surface area (Å²) < 4.78 is 0. The first-order valence-corrected chi connectivity index (χ1v) is 6.99. The summed E-state index contributed by atoms with van der Waals surface area (Å²) in [6, 6.07) is 1.04. The molecule has 1 fully saturated rings. The predicted molar refractivity (Wildman–Crippen MR) is 70.9 cm³/mol. The number of hydrogen-bond acceptors (Lipinski definition) is 2. The molecule has 0 radical (unpaired) electrons. The number of carbonyl (C=O) groups excluding carboxylic acids is 1. The van der Waals surface area contributed by atoms with E-state index in [9.17, 15) is 4.79 Å². The minimum Gasteiger partial charge on any atom is -0.342 e. The first kappa shape index (κ1) is 14.0. The van der Waals surface area contributed by atoms with Crippen LogP contribution in [0.3, 0.4) is 0 Å². The zero-order valence-corrected chi connectivity index (χ0v) is 12.3. The Morgan fingerprint density at radius 1 is 1.31 bits per heavy atom. The van der Waals surface area contributed by atoms with E-state index in [2.05, 4.69) is 34.7 Å². The Bertz CT molecular complexity index is 235. The lowest BCUT2D eigenvalue weighted by Crippen LogP contribution is -2.48. The summed E-state index contributed by atoms with van der Waals surface area (Å²) in [5.74, 6) is 0.197. The Balaban J connectivity index is 2.44. The summed E-state index contributed by atoms with van der Waals surface area (Å²) in [5.41, 5.74) is 0. The molecule has 1 heterocycles. The first-order valence-electron chi connectivity index (χ1n) is 6.08. The van der Waals surface area contributed by atoms with Crippen LogP contribution in [0.5, 0.6) is 0 Å². The van der Waals surface area contributed by atoms with E-state index in [1.165, 1.54) is 0 Å². The molecule has 1 aliphatic rings. The molecule has 3 nitrogen and oxygen atoms in total. The van der Waals surface area contributed by atoms with Crippen LogP contribution in [0.25, 0.3) is 0 Å². The smallest absolute Gasteiger partial charge is 0.236 e. The number of halogens is 1. The highest BCUT2D eigenvalue weighted by atomic mass is 79.9. The summed E-state index contributed by atoms with van der Waals surface area (Å²) in [5, 5.41) is 0. The summed E-state index contributed by atoms with van der Waals surface area (Å²) in [6.45, 7) is 8.57. The monoisotopic (exact) mass is 290 g/mol. The fourth-order valence-electron chi connectivity index (χ4n) is 2.25. The first-order chi connectivity index (χ1) is 7.43. The molecule has 0 bridgehead atoms. The molecule has 0 aromatic heterocycles. The highest BCUT2D eigenvalue weighted by molar-refractivity contribution is 9.10. The summed E-state index contributed by atoms with van der Waals surface area (Å²) in [6.07, 6.45) is 2.19. The van der Waals surface area contributed by atoms with Crippen LogP contribution in [0.2, 0.25) is 0 Å². The molecule has 1 rings (SSSR count). The molecular weight excluding hydrogens is 268 g/mol. The molecule has 16 heavy (non-hydrogen) atoms. The topological polar surface area (TPSA) is 23.6 Å². The second kappa shape index (κ2) is 6.01. The van der Waals surface area contributed by atoms with Gasteiger partial charge < -0.3 is 9.80 Å². The molecule has 94 valence electrons. The van der Waals surface area contributed by atoms with Crippen molar-refractivity contribution in [2.24, 2.45) is 0 Å². The van der Waals surface area contributed by atoms with E-state index < -0.39 is 0 Å². The number of amides is 1. The average Bonchev–Trinajstić information content (AvgIpc) is 2.27. The molecule has 1 unspecified atom stereocenters.